The zero-order valence-electron chi connectivity index (χ0n) is 15.9. The molecule has 5 rings (SSSR count). The minimum Gasteiger partial charge on any atom is -0.347 e. The minimum atomic E-state index is -0.466. The van der Waals surface area contributed by atoms with Gasteiger partial charge in [-0.15, -0.1) is 0 Å². The lowest BCUT2D eigenvalue weighted by Crippen LogP contribution is -2.47. The van der Waals surface area contributed by atoms with E-state index in [1.54, 1.807) is 0 Å². The maximum absolute atomic E-state index is 13.3. The highest BCUT2D eigenvalue weighted by atomic mass is 16.7. The molecule has 7 nitrogen and oxygen atoms in total. The summed E-state index contributed by atoms with van der Waals surface area (Å²) in [4.78, 5) is 24.8. The first-order valence-corrected chi connectivity index (χ1v) is 10.1. The van der Waals surface area contributed by atoms with Gasteiger partial charge in [-0.1, -0.05) is 6.42 Å². The largest absolute Gasteiger partial charge is 0.347 e. The Balaban J connectivity index is 1.46. The van der Waals surface area contributed by atoms with Crippen molar-refractivity contribution in [3.05, 3.63) is 23.1 Å². The number of amides is 1. The van der Waals surface area contributed by atoms with E-state index >= 15 is 0 Å². The first-order valence-electron chi connectivity index (χ1n) is 10.1. The Hall–Kier alpha value is -1.99. The Labute approximate surface area is 158 Å². The topological polar surface area (TPSA) is 69.5 Å². The van der Waals surface area contributed by atoms with Crippen molar-refractivity contribution in [3.63, 3.8) is 0 Å². The van der Waals surface area contributed by atoms with E-state index in [1.807, 2.05) is 17.9 Å². The van der Waals surface area contributed by atoms with Crippen molar-refractivity contribution in [1.82, 2.24) is 19.4 Å². The van der Waals surface area contributed by atoms with Gasteiger partial charge in [0.25, 0.3) is 5.91 Å². The van der Waals surface area contributed by atoms with Crippen LogP contribution < -0.4 is 0 Å². The maximum atomic E-state index is 13.3. The van der Waals surface area contributed by atoms with Gasteiger partial charge in [-0.25, -0.2) is 9.97 Å². The molecule has 27 heavy (non-hydrogen) atoms. The average Bonchev–Trinajstić information content (AvgIpc) is 3.18. The quantitative estimate of drug-likeness (QED) is 0.771. The monoisotopic (exact) mass is 370 g/mol. The molecule has 7 heteroatoms. The molecule has 0 aliphatic carbocycles. The van der Waals surface area contributed by atoms with Gasteiger partial charge < -0.3 is 18.9 Å². The maximum Gasteiger partial charge on any atom is 0.256 e. The molecule has 1 amide bonds. The van der Waals surface area contributed by atoms with E-state index in [0.29, 0.717) is 31.9 Å². The number of fused-ring (bicyclic) bond motifs is 3. The lowest BCUT2D eigenvalue weighted by atomic mass is 10.0. The second-order valence-electron chi connectivity index (χ2n) is 7.87. The summed E-state index contributed by atoms with van der Waals surface area (Å²) >= 11 is 0. The Morgan fingerprint density at radius 3 is 2.63 bits per heavy atom. The van der Waals surface area contributed by atoms with Crippen molar-refractivity contribution in [2.24, 2.45) is 0 Å². The molecular formula is C20H26N4O3. The van der Waals surface area contributed by atoms with Crippen LogP contribution in [0.25, 0.3) is 11.2 Å². The molecule has 0 atom stereocenters. The molecular weight excluding hydrogens is 344 g/mol. The third-order valence-electron chi connectivity index (χ3n) is 6.05. The number of rotatable bonds is 1. The standard InChI is InChI=1S/C20H26N4O3/c1-14-13-15(17-18(21-14)24-8-4-2-3-5-16(24)22-17)19(25)23-9-6-20(7-10-23)26-11-12-27-20/h13H,2-12H2,1H3. The number of imidazole rings is 1. The van der Waals surface area contributed by atoms with E-state index in [-0.39, 0.29) is 5.91 Å². The number of pyridine rings is 1. The first-order chi connectivity index (χ1) is 13.2. The molecule has 0 aromatic carbocycles. The third-order valence-corrected chi connectivity index (χ3v) is 6.05. The molecule has 0 radical (unpaired) electrons. The smallest absolute Gasteiger partial charge is 0.256 e. The number of hydrogen-bond acceptors (Lipinski definition) is 5. The lowest BCUT2D eigenvalue weighted by molar-refractivity contribution is -0.181. The summed E-state index contributed by atoms with van der Waals surface area (Å²) in [6, 6.07) is 1.89. The van der Waals surface area contributed by atoms with Crippen molar-refractivity contribution in [2.45, 2.75) is 57.8 Å². The Bertz CT molecular complexity index is 875. The summed E-state index contributed by atoms with van der Waals surface area (Å²) in [5, 5.41) is 0. The molecule has 2 saturated heterocycles. The second-order valence-corrected chi connectivity index (χ2v) is 7.87. The molecule has 3 aliphatic rings. The molecule has 5 heterocycles. The lowest BCUT2D eigenvalue weighted by Gasteiger charge is -2.37. The van der Waals surface area contributed by atoms with Crippen LogP contribution in [0.15, 0.2) is 6.07 Å². The molecule has 2 aromatic rings. The number of carbonyl (C=O) groups excluding carboxylic acids is 1. The van der Waals surface area contributed by atoms with Gasteiger partial charge >= 0.3 is 0 Å². The first kappa shape index (κ1) is 17.1. The Morgan fingerprint density at radius 2 is 1.85 bits per heavy atom. The van der Waals surface area contributed by atoms with Crippen molar-refractivity contribution >= 4 is 17.1 Å². The van der Waals surface area contributed by atoms with E-state index in [4.69, 9.17) is 19.4 Å². The van der Waals surface area contributed by atoms with Gasteiger partial charge in [-0.2, -0.15) is 0 Å². The summed E-state index contributed by atoms with van der Waals surface area (Å²) in [7, 11) is 0. The number of hydrogen-bond donors (Lipinski definition) is 0. The van der Waals surface area contributed by atoms with Gasteiger partial charge in [0.05, 0.1) is 18.8 Å². The van der Waals surface area contributed by atoms with Gasteiger partial charge in [0, 0.05) is 44.6 Å². The van der Waals surface area contributed by atoms with E-state index in [9.17, 15) is 4.79 Å². The van der Waals surface area contributed by atoms with Gasteiger partial charge in [0.1, 0.15) is 11.3 Å². The summed E-state index contributed by atoms with van der Waals surface area (Å²) < 4.78 is 13.8. The van der Waals surface area contributed by atoms with Crippen LogP contribution in [0.5, 0.6) is 0 Å². The van der Waals surface area contributed by atoms with Gasteiger partial charge in [-0.3, -0.25) is 4.79 Å². The second kappa shape index (κ2) is 6.56. The van der Waals surface area contributed by atoms with E-state index in [0.717, 1.165) is 61.3 Å². The number of likely N-dealkylation sites (tertiary alicyclic amines) is 1. The number of ether oxygens (including phenoxy) is 2. The molecule has 0 saturated carbocycles. The molecule has 2 aromatic heterocycles. The van der Waals surface area contributed by atoms with Crippen molar-refractivity contribution in [3.8, 4) is 0 Å². The van der Waals surface area contributed by atoms with Crippen LogP contribution in [0.2, 0.25) is 0 Å². The van der Waals surface area contributed by atoms with Crippen molar-refractivity contribution in [2.75, 3.05) is 26.3 Å². The predicted molar refractivity (Wildman–Crippen MR) is 99.6 cm³/mol. The van der Waals surface area contributed by atoms with Gasteiger partial charge in [0.2, 0.25) is 0 Å². The SMILES string of the molecule is Cc1cc(C(=O)N2CCC3(CC2)OCCO3)c2nc3n(c2n1)CCCCC3. The average molecular weight is 370 g/mol. The van der Waals surface area contributed by atoms with Crippen LogP contribution in [0.4, 0.5) is 0 Å². The van der Waals surface area contributed by atoms with E-state index in [2.05, 4.69) is 4.57 Å². The summed E-state index contributed by atoms with van der Waals surface area (Å²) in [5.41, 5.74) is 3.18. The van der Waals surface area contributed by atoms with Crippen LogP contribution >= 0.6 is 0 Å². The zero-order valence-corrected chi connectivity index (χ0v) is 15.9. The molecule has 0 N–H and O–H groups in total. The molecule has 1 spiro atoms. The molecule has 144 valence electrons. The molecule has 2 fully saturated rings. The normalized spacial score (nSPS) is 22.2. The van der Waals surface area contributed by atoms with Crippen LogP contribution in [0.1, 0.15) is 54.0 Å². The zero-order chi connectivity index (χ0) is 18.4. The fourth-order valence-corrected chi connectivity index (χ4v) is 4.59. The molecule has 0 bridgehead atoms. The number of nitrogens with zero attached hydrogens (tertiary/aromatic N) is 4. The Kier molecular flexibility index (Phi) is 4.16. The fraction of sp³-hybridized carbons (Fsp3) is 0.650. The third kappa shape index (κ3) is 2.93. The van der Waals surface area contributed by atoms with Crippen LogP contribution in [0, 0.1) is 6.92 Å². The van der Waals surface area contributed by atoms with Crippen LogP contribution in [-0.4, -0.2) is 57.4 Å². The highest BCUT2D eigenvalue weighted by Crippen LogP contribution is 2.32. The van der Waals surface area contributed by atoms with Crippen LogP contribution in [-0.2, 0) is 22.4 Å². The summed E-state index contributed by atoms with van der Waals surface area (Å²) in [5.74, 6) is 0.651. The predicted octanol–water partition coefficient (Wildman–Crippen LogP) is 2.45. The summed E-state index contributed by atoms with van der Waals surface area (Å²) in [6.45, 7) is 5.50. The summed E-state index contributed by atoms with van der Waals surface area (Å²) in [6.07, 6.45) is 5.94. The van der Waals surface area contributed by atoms with Gasteiger partial charge in [0.15, 0.2) is 11.4 Å². The highest BCUT2D eigenvalue weighted by Gasteiger charge is 2.41. The van der Waals surface area contributed by atoms with Gasteiger partial charge in [-0.05, 0) is 25.8 Å². The van der Waals surface area contributed by atoms with Crippen LogP contribution in [0.3, 0.4) is 0 Å². The molecule has 0 unspecified atom stereocenters. The minimum absolute atomic E-state index is 0.0478. The number of piperidine rings is 1. The number of aryl methyl sites for hydroxylation is 3. The van der Waals surface area contributed by atoms with Crippen molar-refractivity contribution in [1.29, 1.82) is 0 Å². The Morgan fingerprint density at radius 1 is 1.07 bits per heavy atom. The van der Waals surface area contributed by atoms with E-state index in [1.165, 1.54) is 6.42 Å². The number of aromatic nitrogens is 3. The van der Waals surface area contributed by atoms with E-state index < -0.39 is 5.79 Å². The molecule has 3 aliphatic heterocycles. The number of carbonyl (C=O) groups is 1. The van der Waals surface area contributed by atoms with Crippen molar-refractivity contribution < 1.29 is 14.3 Å². The highest BCUT2D eigenvalue weighted by molar-refractivity contribution is 6.04. The fourth-order valence-electron chi connectivity index (χ4n) is 4.59.